The molecule has 0 spiro atoms. The van der Waals surface area contributed by atoms with E-state index in [2.05, 4.69) is 26.3 Å². The van der Waals surface area contributed by atoms with Gasteiger partial charge in [-0.1, -0.05) is 25.0 Å². The molecular formula is C28H42N6O7S. The van der Waals surface area contributed by atoms with Crippen molar-refractivity contribution < 1.29 is 24.2 Å². The molecule has 4 rings (SSSR count). The molecule has 4 heterocycles. The SMILES string of the molecule is CC1OC(n2cc(/C=C/CNC(=O)CCCCCNC(=O)CCCCC3SCC4NC(=O)NC43)c(=O)[nH]c2=O)CC1O. The second kappa shape index (κ2) is 15.4. The van der Waals surface area contributed by atoms with E-state index in [-0.39, 0.29) is 48.5 Å². The van der Waals surface area contributed by atoms with Gasteiger partial charge in [0.15, 0.2) is 0 Å². The van der Waals surface area contributed by atoms with Gasteiger partial charge in [-0.3, -0.25) is 23.9 Å². The van der Waals surface area contributed by atoms with Crippen LogP contribution in [0.25, 0.3) is 6.08 Å². The number of aromatic amines is 1. The monoisotopic (exact) mass is 606 g/mol. The molecule has 42 heavy (non-hydrogen) atoms. The van der Waals surface area contributed by atoms with Gasteiger partial charge in [0, 0.05) is 49.6 Å². The van der Waals surface area contributed by atoms with Crippen molar-refractivity contribution in [1.82, 2.24) is 30.8 Å². The van der Waals surface area contributed by atoms with Crippen LogP contribution >= 0.6 is 11.8 Å². The van der Waals surface area contributed by atoms with Gasteiger partial charge >= 0.3 is 11.7 Å². The Labute approximate surface area is 248 Å². The number of carbonyl (C=O) groups is 3. The van der Waals surface area contributed by atoms with Crippen molar-refractivity contribution in [1.29, 1.82) is 0 Å². The Morgan fingerprint density at radius 1 is 1.10 bits per heavy atom. The summed E-state index contributed by atoms with van der Waals surface area (Å²) in [6.45, 7) is 2.54. The largest absolute Gasteiger partial charge is 0.390 e. The summed E-state index contributed by atoms with van der Waals surface area (Å²) < 4.78 is 6.85. The van der Waals surface area contributed by atoms with Gasteiger partial charge < -0.3 is 31.1 Å². The number of aromatic nitrogens is 2. The van der Waals surface area contributed by atoms with Crippen molar-refractivity contribution in [3.63, 3.8) is 0 Å². The topological polar surface area (TPSA) is 184 Å². The summed E-state index contributed by atoms with van der Waals surface area (Å²) in [6.07, 6.45) is 9.01. The van der Waals surface area contributed by atoms with Crippen molar-refractivity contribution in [3.05, 3.63) is 38.7 Å². The van der Waals surface area contributed by atoms with Crippen molar-refractivity contribution in [2.75, 3.05) is 18.8 Å². The van der Waals surface area contributed by atoms with E-state index in [1.165, 1.54) is 16.8 Å². The predicted octanol–water partition coefficient (Wildman–Crippen LogP) is 0.737. The zero-order valence-corrected chi connectivity index (χ0v) is 24.8. The van der Waals surface area contributed by atoms with E-state index in [1.807, 2.05) is 11.8 Å². The minimum atomic E-state index is -0.685. The first-order valence-corrected chi connectivity index (χ1v) is 15.8. The van der Waals surface area contributed by atoms with Gasteiger partial charge in [-0.2, -0.15) is 11.8 Å². The van der Waals surface area contributed by atoms with Crippen LogP contribution in [0.5, 0.6) is 0 Å². The number of unbranched alkanes of at least 4 members (excludes halogenated alkanes) is 3. The molecule has 3 saturated heterocycles. The van der Waals surface area contributed by atoms with Crippen LogP contribution in [-0.4, -0.2) is 80.9 Å². The lowest BCUT2D eigenvalue weighted by atomic mass is 10.0. The lowest BCUT2D eigenvalue weighted by molar-refractivity contribution is -0.122. The fourth-order valence-corrected chi connectivity index (χ4v) is 6.97. The quantitative estimate of drug-likeness (QED) is 0.125. The number of aliphatic hydroxyl groups is 1. The zero-order valence-electron chi connectivity index (χ0n) is 23.9. The van der Waals surface area contributed by atoms with Crippen molar-refractivity contribution in [2.45, 2.75) is 100 Å². The van der Waals surface area contributed by atoms with Crippen LogP contribution in [0.4, 0.5) is 4.79 Å². The molecule has 3 fully saturated rings. The first-order chi connectivity index (χ1) is 20.2. The fraction of sp³-hybridized carbons (Fsp3) is 0.679. The summed E-state index contributed by atoms with van der Waals surface area (Å²) in [5.74, 6) is 0.882. The predicted molar refractivity (Wildman–Crippen MR) is 159 cm³/mol. The number of hydrogen-bond acceptors (Lipinski definition) is 8. The fourth-order valence-electron chi connectivity index (χ4n) is 5.43. The molecule has 13 nitrogen and oxygen atoms in total. The van der Waals surface area contributed by atoms with Gasteiger partial charge in [-0.25, -0.2) is 9.59 Å². The van der Waals surface area contributed by atoms with Gasteiger partial charge in [0.2, 0.25) is 11.8 Å². The maximum Gasteiger partial charge on any atom is 0.330 e. The third-order valence-electron chi connectivity index (χ3n) is 7.86. The lowest BCUT2D eigenvalue weighted by Crippen LogP contribution is -2.36. The minimum absolute atomic E-state index is 0.0458. The number of rotatable bonds is 15. The highest BCUT2D eigenvalue weighted by atomic mass is 32.2. The van der Waals surface area contributed by atoms with Gasteiger partial charge in [0.25, 0.3) is 5.56 Å². The van der Waals surface area contributed by atoms with Crippen LogP contribution in [0.2, 0.25) is 0 Å². The van der Waals surface area contributed by atoms with Crippen LogP contribution in [0.1, 0.15) is 76.5 Å². The highest BCUT2D eigenvalue weighted by Crippen LogP contribution is 2.33. The van der Waals surface area contributed by atoms with E-state index in [0.29, 0.717) is 31.1 Å². The van der Waals surface area contributed by atoms with Crippen molar-refractivity contribution in [3.8, 4) is 0 Å². The number of nitrogens with one attached hydrogen (secondary N) is 5. The van der Waals surface area contributed by atoms with E-state index in [9.17, 15) is 29.1 Å². The summed E-state index contributed by atoms with van der Waals surface area (Å²) in [5, 5.41) is 22.0. The maximum absolute atomic E-state index is 12.2. The van der Waals surface area contributed by atoms with E-state index >= 15 is 0 Å². The first kappa shape index (κ1) is 31.8. The molecule has 0 bridgehead atoms. The van der Waals surface area contributed by atoms with Crippen molar-refractivity contribution in [2.24, 2.45) is 0 Å². The van der Waals surface area contributed by atoms with Crippen molar-refractivity contribution >= 4 is 35.7 Å². The number of H-pyrrole nitrogens is 1. The zero-order chi connectivity index (χ0) is 30.1. The Kier molecular flexibility index (Phi) is 11.7. The Balaban J connectivity index is 1.02. The molecule has 6 unspecified atom stereocenters. The first-order valence-electron chi connectivity index (χ1n) is 14.8. The molecule has 6 N–H and O–H groups in total. The lowest BCUT2D eigenvalue weighted by Gasteiger charge is -2.16. The van der Waals surface area contributed by atoms with Gasteiger partial charge in [0.1, 0.15) is 6.23 Å². The van der Waals surface area contributed by atoms with Crippen LogP contribution in [-0.2, 0) is 14.3 Å². The Morgan fingerprint density at radius 2 is 1.86 bits per heavy atom. The molecule has 4 amide bonds. The minimum Gasteiger partial charge on any atom is -0.390 e. The molecule has 0 radical (unpaired) electrons. The second-order valence-electron chi connectivity index (χ2n) is 11.1. The number of hydrogen-bond donors (Lipinski definition) is 6. The summed E-state index contributed by atoms with van der Waals surface area (Å²) in [6, 6.07) is 0.358. The van der Waals surface area contributed by atoms with Crippen LogP contribution in [0.15, 0.2) is 21.9 Å². The third kappa shape index (κ3) is 8.95. The van der Waals surface area contributed by atoms with E-state index < -0.39 is 29.7 Å². The number of ether oxygens (including phenoxy) is 1. The van der Waals surface area contributed by atoms with Crippen LogP contribution in [0, 0.1) is 0 Å². The number of urea groups is 1. The molecule has 1 aromatic heterocycles. The average molecular weight is 607 g/mol. The summed E-state index contributed by atoms with van der Waals surface area (Å²) in [4.78, 5) is 62.3. The number of thioether (sulfide) groups is 1. The molecule has 0 aliphatic carbocycles. The molecule has 6 atom stereocenters. The van der Waals surface area contributed by atoms with E-state index in [1.54, 1.807) is 13.0 Å². The molecule has 14 heteroatoms. The number of nitrogens with zero attached hydrogens (tertiary/aromatic N) is 1. The maximum atomic E-state index is 12.2. The highest BCUT2D eigenvalue weighted by Gasteiger charge is 2.42. The molecule has 0 aromatic carbocycles. The molecule has 1 aromatic rings. The molecule has 3 aliphatic rings. The van der Waals surface area contributed by atoms with Gasteiger partial charge in [-0.15, -0.1) is 0 Å². The summed E-state index contributed by atoms with van der Waals surface area (Å²) in [7, 11) is 0. The average Bonchev–Trinajstić information content (AvgIpc) is 3.61. The molecule has 3 aliphatic heterocycles. The molecule has 232 valence electrons. The molecule has 0 saturated carbocycles. The summed E-state index contributed by atoms with van der Waals surface area (Å²) in [5.41, 5.74) is -0.911. The number of fused-ring (bicyclic) bond motifs is 1. The Morgan fingerprint density at radius 3 is 2.62 bits per heavy atom. The number of amides is 4. The standard InChI is InChI=1S/C28H42N6O7S/c1-17-20(35)14-24(41-17)34-15-18(26(38)33-28(34)40)8-7-13-30-22(36)10-3-2-6-12-29-23(37)11-5-4-9-21-25-19(16-42-21)31-27(39)32-25/h7-8,15,17,19-21,24-25,35H,2-6,9-14,16H2,1H3,(H,29,37)(H,30,36)(H2,31,32,39)(H,33,38,40)/b8-7+. The van der Waals surface area contributed by atoms with Crippen LogP contribution in [0.3, 0.4) is 0 Å². The van der Waals surface area contributed by atoms with Crippen LogP contribution < -0.4 is 32.5 Å². The number of carbonyl (C=O) groups excluding carboxylic acids is 3. The van der Waals surface area contributed by atoms with E-state index in [4.69, 9.17) is 4.74 Å². The smallest absolute Gasteiger partial charge is 0.330 e. The highest BCUT2D eigenvalue weighted by molar-refractivity contribution is 8.00. The third-order valence-corrected chi connectivity index (χ3v) is 9.37. The molecular weight excluding hydrogens is 564 g/mol. The Bertz CT molecular complexity index is 1240. The second-order valence-corrected chi connectivity index (χ2v) is 12.4. The Hall–Kier alpha value is -3.10. The van der Waals surface area contributed by atoms with E-state index in [0.717, 1.165) is 37.9 Å². The van der Waals surface area contributed by atoms with Gasteiger partial charge in [-0.05, 0) is 32.6 Å². The summed E-state index contributed by atoms with van der Waals surface area (Å²) >= 11 is 1.89. The van der Waals surface area contributed by atoms with Gasteiger partial charge in [0.05, 0.1) is 29.9 Å². The normalized spacial score (nSPS) is 26.7. The number of aliphatic hydroxyl groups excluding tert-OH is 1.